The summed E-state index contributed by atoms with van der Waals surface area (Å²) in [5, 5.41) is 4.37. The molecule has 0 radical (unpaired) electrons. The maximum Gasteiger partial charge on any atom is 0.322 e. The van der Waals surface area contributed by atoms with Gasteiger partial charge in [0.2, 0.25) is 0 Å². The Hall–Kier alpha value is -2.83. The van der Waals surface area contributed by atoms with Crippen LogP contribution in [0.5, 0.6) is 0 Å². The van der Waals surface area contributed by atoms with E-state index in [-0.39, 0.29) is 24.2 Å². The van der Waals surface area contributed by atoms with Gasteiger partial charge in [0, 0.05) is 18.2 Å². The van der Waals surface area contributed by atoms with Gasteiger partial charge in [-0.2, -0.15) is 0 Å². The number of nitrogens with zero attached hydrogens (tertiary/aromatic N) is 2. The van der Waals surface area contributed by atoms with Crippen LogP contribution in [0, 0.1) is 6.92 Å². The van der Waals surface area contributed by atoms with Gasteiger partial charge in [-0.25, -0.2) is 4.79 Å². The second-order valence-electron chi connectivity index (χ2n) is 8.38. The molecule has 2 aromatic carbocycles. The van der Waals surface area contributed by atoms with E-state index >= 15 is 0 Å². The summed E-state index contributed by atoms with van der Waals surface area (Å²) in [5.74, 6) is 0. The van der Waals surface area contributed by atoms with Crippen LogP contribution in [0.1, 0.15) is 30.9 Å². The van der Waals surface area contributed by atoms with Crippen LogP contribution in [0.25, 0.3) is 10.9 Å². The first-order valence-electron chi connectivity index (χ1n) is 11.1. The molecule has 1 atom stereocenters. The number of aromatic amines is 1. The number of pyridine rings is 1. The quantitative estimate of drug-likeness (QED) is 0.552. The molecule has 1 fully saturated rings. The van der Waals surface area contributed by atoms with Gasteiger partial charge in [-0.3, -0.25) is 9.69 Å². The fraction of sp³-hybridized carbons (Fsp3) is 0.360. The number of anilines is 1. The monoisotopic (exact) mass is 452 g/mol. The largest absolute Gasteiger partial charge is 0.322 e. The third kappa shape index (κ3) is 4.81. The van der Waals surface area contributed by atoms with Gasteiger partial charge in [0.1, 0.15) is 0 Å². The molecule has 1 saturated heterocycles. The van der Waals surface area contributed by atoms with Crippen LogP contribution in [0.15, 0.2) is 53.3 Å². The number of urea groups is 1. The third-order valence-corrected chi connectivity index (χ3v) is 6.59. The highest BCUT2D eigenvalue weighted by Gasteiger charge is 2.28. The highest BCUT2D eigenvalue weighted by Crippen LogP contribution is 2.23. The average Bonchev–Trinajstić information content (AvgIpc) is 3.23. The molecule has 0 bridgehead atoms. The molecule has 7 heteroatoms. The molecule has 1 aliphatic rings. The molecule has 0 spiro atoms. The van der Waals surface area contributed by atoms with E-state index in [4.69, 9.17) is 11.6 Å². The molecule has 2 heterocycles. The molecule has 1 unspecified atom stereocenters. The third-order valence-electron chi connectivity index (χ3n) is 6.27. The van der Waals surface area contributed by atoms with Crippen molar-refractivity contribution in [2.75, 3.05) is 25.0 Å². The fourth-order valence-corrected chi connectivity index (χ4v) is 4.68. The molecule has 1 aliphatic heterocycles. The number of likely N-dealkylation sites (N-methyl/N-ethyl adjacent to an activating group) is 1. The van der Waals surface area contributed by atoms with E-state index in [0.29, 0.717) is 22.8 Å². The molecule has 2 amide bonds. The first kappa shape index (κ1) is 22.4. The summed E-state index contributed by atoms with van der Waals surface area (Å²) < 4.78 is 0. The number of carbonyl (C=O) groups is 1. The number of para-hydroxylation sites is 2. The van der Waals surface area contributed by atoms with E-state index in [1.165, 1.54) is 0 Å². The summed E-state index contributed by atoms with van der Waals surface area (Å²) >= 11 is 6.26. The van der Waals surface area contributed by atoms with Gasteiger partial charge in [0.05, 0.1) is 22.8 Å². The van der Waals surface area contributed by atoms with Crippen LogP contribution in [-0.4, -0.2) is 46.5 Å². The topological polar surface area (TPSA) is 68.4 Å². The number of halogens is 1. The van der Waals surface area contributed by atoms with Crippen molar-refractivity contribution in [3.05, 3.63) is 75.0 Å². The first-order chi connectivity index (χ1) is 15.5. The highest BCUT2D eigenvalue weighted by atomic mass is 35.5. The van der Waals surface area contributed by atoms with Gasteiger partial charge in [-0.05, 0) is 62.0 Å². The molecule has 32 heavy (non-hydrogen) atoms. The summed E-state index contributed by atoms with van der Waals surface area (Å²) in [6, 6.07) is 15.0. The number of fused-ring (bicyclic) bond motifs is 1. The minimum absolute atomic E-state index is 0.166. The standard InChI is InChI=1S/C25H29ClN4O2/c1-3-29-13-7-10-20(29)16-30(25(32)27-22-12-5-4-11-21(22)26)15-19-14-18-9-6-8-17(2)23(18)28-24(19)31/h4-6,8-9,11-12,14,20H,3,7,10,13,15-16H2,1-2H3,(H,27,32)(H,28,31). The zero-order valence-corrected chi connectivity index (χ0v) is 19.3. The Morgan fingerprint density at radius 2 is 2.06 bits per heavy atom. The number of nitrogens with one attached hydrogen (secondary N) is 2. The molecule has 3 aromatic rings. The normalized spacial score (nSPS) is 16.4. The number of hydrogen-bond acceptors (Lipinski definition) is 3. The number of amides is 2. The highest BCUT2D eigenvalue weighted by molar-refractivity contribution is 6.33. The molecule has 2 N–H and O–H groups in total. The molecule has 0 saturated carbocycles. The van der Waals surface area contributed by atoms with Crippen molar-refractivity contribution < 1.29 is 4.79 Å². The van der Waals surface area contributed by atoms with Crippen LogP contribution in [0.2, 0.25) is 5.02 Å². The average molecular weight is 453 g/mol. The summed E-state index contributed by atoms with van der Waals surface area (Å²) in [6.45, 7) is 6.87. The van der Waals surface area contributed by atoms with E-state index in [1.807, 2.05) is 43.3 Å². The number of hydrogen-bond donors (Lipinski definition) is 2. The van der Waals surface area contributed by atoms with Crippen LogP contribution in [0.3, 0.4) is 0 Å². The maximum absolute atomic E-state index is 13.3. The van der Waals surface area contributed by atoms with Gasteiger partial charge >= 0.3 is 6.03 Å². The Bertz CT molecular complexity index is 1180. The minimum atomic E-state index is -0.259. The molecule has 6 nitrogen and oxygen atoms in total. The smallest absolute Gasteiger partial charge is 0.321 e. The zero-order chi connectivity index (χ0) is 22.7. The van der Waals surface area contributed by atoms with Crippen LogP contribution in [-0.2, 0) is 6.54 Å². The summed E-state index contributed by atoms with van der Waals surface area (Å²) in [7, 11) is 0. The van der Waals surface area contributed by atoms with Crippen LogP contribution in [0.4, 0.5) is 10.5 Å². The van der Waals surface area contributed by atoms with E-state index < -0.39 is 0 Å². The zero-order valence-electron chi connectivity index (χ0n) is 18.5. The molecule has 1 aromatic heterocycles. The lowest BCUT2D eigenvalue weighted by Crippen LogP contribution is -2.45. The maximum atomic E-state index is 13.3. The van der Waals surface area contributed by atoms with Crippen molar-refractivity contribution in [2.45, 2.75) is 39.3 Å². The number of rotatable bonds is 6. The van der Waals surface area contributed by atoms with Crippen molar-refractivity contribution in [1.82, 2.24) is 14.8 Å². The lowest BCUT2D eigenvalue weighted by molar-refractivity contribution is 0.174. The number of carbonyl (C=O) groups excluding carboxylic acids is 1. The van der Waals surface area contributed by atoms with Gasteiger partial charge < -0.3 is 15.2 Å². The Labute approximate surface area is 193 Å². The van der Waals surface area contributed by atoms with E-state index in [1.54, 1.807) is 17.0 Å². The molecule has 4 rings (SSSR count). The van der Waals surface area contributed by atoms with Gasteiger partial charge in [0.15, 0.2) is 0 Å². The van der Waals surface area contributed by atoms with E-state index in [9.17, 15) is 9.59 Å². The van der Waals surface area contributed by atoms with Gasteiger partial charge in [0.25, 0.3) is 5.56 Å². The lowest BCUT2D eigenvalue weighted by Gasteiger charge is -2.30. The Morgan fingerprint density at radius 1 is 1.25 bits per heavy atom. The van der Waals surface area contributed by atoms with E-state index in [2.05, 4.69) is 22.1 Å². The first-order valence-corrected chi connectivity index (χ1v) is 11.5. The van der Waals surface area contributed by atoms with Crippen molar-refractivity contribution >= 4 is 34.2 Å². The predicted octanol–water partition coefficient (Wildman–Crippen LogP) is 5.01. The van der Waals surface area contributed by atoms with Gasteiger partial charge in [-0.1, -0.05) is 48.9 Å². The molecular weight excluding hydrogens is 424 g/mol. The van der Waals surface area contributed by atoms with Crippen LogP contribution < -0.4 is 10.9 Å². The second kappa shape index (κ2) is 9.76. The molecule has 168 valence electrons. The number of aromatic nitrogens is 1. The van der Waals surface area contributed by atoms with E-state index in [0.717, 1.165) is 42.4 Å². The Morgan fingerprint density at radius 3 is 2.84 bits per heavy atom. The predicted molar refractivity (Wildman–Crippen MR) is 130 cm³/mol. The summed E-state index contributed by atoms with van der Waals surface area (Å²) in [5.41, 5.74) is 2.82. The number of H-pyrrole nitrogens is 1. The fourth-order valence-electron chi connectivity index (χ4n) is 4.50. The van der Waals surface area contributed by atoms with Crippen molar-refractivity contribution in [3.8, 4) is 0 Å². The number of likely N-dealkylation sites (tertiary alicyclic amines) is 1. The molecular formula is C25H29ClN4O2. The summed E-state index contributed by atoms with van der Waals surface area (Å²) in [4.78, 5) is 33.3. The van der Waals surface area contributed by atoms with Gasteiger partial charge in [-0.15, -0.1) is 0 Å². The second-order valence-corrected chi connectivity index (χ2v) is 8.79. The SMILES string of the molecule is CCN1CCCC1CN(Cc1cc2cccc(C)c2[nH]c1=O)C(=O)Nc1ccccc1Cl. The molecule has 0 aliphatic carbocycles. The lowest BCUT2D eigenvalue weighted by atomic mass is 10.1. The van der Waals surface area contributed by atoms with Crippen molar-refractivity contribution in [2.24, 2.45) is 0 Å². The Kier molecular flexibility index (Phi) is 6.82. The number of benzene rings is 2. The van der Waals surface area contributed by atoms with Crippen molar-refractivity contribution in [1.29, 1.82) is 0 Å². The minimum Gasteiger partial charge on any atom is -0.321 e. The Balaban J connectivity index is 1.63. The number of aryl methyl sites for hydroxylation is 1. The van der Waals surface area contributed by atoms with Crippen LogP contribution >= 0.6 is 11.6 Å². The summed E-state index contributed by atoms with van der Waals surface area (Å²) in [6.07, 6.45) is 2.16. The van der Waals surface area contributed by atoms with Crippen molar-refractivity contribution in [3.63, 3.8) is 0 Å².